The molecule has 0 N–H and O–H groups in total. The fraction of sp³-hybridized carbons (Fsp3) is 0.353. The molecule has 1 aromatic heterocycles. The van der Waals surface area contributed by atoms with Crippen LogP contribution < -0.4 is 0 Å². The summed E-state index contributed by atoms with van der Waals surface area (Å²) in [4.78, 5) is 4.36. The summed E-state index contributed by atoms with van der Waals surface area (Å²) < 4.78 is 0. The van der Waals surface area contributed by atoms with Crippen molar-refractivity contribution in [1.82, 2.24) is 4.98 Å². The summed E-state index contributed by atoms with van der Waals surface area (Å²) >= 11 is 6.76. The van der Waals surface area contributed by atoms with E-state index in [1.165, 1.54) is 6.42 Å². The highest BCUT2D eigenvalue weighted by Crippen LogP contribution is 2.17. The average molecular weight is 401 g/mol. The molecule has 0 aliphatic carbocycles. The van der Waals surface area contributed by atoms with Gasteiger partial charge in [-0.1, -0.05) is 83.0 Å². The molecule has 20 heavy (non-hydrogen) atoms. The Morgan fingerprint density at radius 3 is 2.30 bits per heavy atom. The lowest BCUT2D eigenvalue weighted by molar-refractivity contribution is 1.09. The fourth-order valence-electron chi connectivity index (χ4n) is 1.29. The first-order valence-corrected chi connectivity index (χ1v) is 8.96. The predicted molar refractivity (Wildman–Crippen MR) is 98.6 cm³/mol. The van der Waals surface area contributed by atoms with E-state index in [1.807, 2.05) is 25.3 Å². The minimum Gasteiger partial charge on any atom is -0.260 e. The van der Waals surface area contributed by atoms with E-state index in [0.717, 1.165) is 33.1 Å². The van der Waals surface area contributed by atoms with Crippen molar-refractivity contribution in [2.24, 2.45) is 0 Å². The highest BCUT2D eigenvalue weighted by atomic mass is 79.9. The van der Waals surface area contributed by atoms with Gasteiger partial charge in [-0.2, -0.15) is 0 Å². The van der Waals surface area contributed by atoms with Crippen LogP contribution in [0.25, 0.3) is 5.57 Å². The number of aromatic nitrogens is 1. The fourth-order valence-corrected chi connectivity index (χ4v) is 1.80. The number of halogens is 2. The maximum Gasteiger partial charge on any atom is 0.0509 e. The van der Waals surface area contributed by atoms with Crippen LogP contribution in [-0.4, -0.2) is 10.3 Å². The molecule has 0 saturated carbocycles. The molecule has 0 bridgehead atoms. The Kier molecular flexibility index (Phi) is 11.7. The van der Waals surface area contributed by atoms with Crippen molar-refractivity contribution < 1.29 is 0 Å². The second-order valence-corrected chi connectivity index (χ2v) is 5.37. The molecule has 1 rings (SSSR count). The molecule has 1 aromatic rings. The lowest BCUT2D eigenvalue weighted by Crippen LogP contribution is -1.88. The minimum atomic E-state index is 0.786. The van der Waals surface area contributed by atoms with Crippen molar-refractivity contribution in [2.75, 3.05) is 5.33 Å². The van der Waals surface area contributed by atoms with Gasteiger partial charge in [0.05, 0.1) is 5.69 Å². The molecule has 1 nitrogen and oxygen atoms in total. The first-order chi connectivity index (χ1) is 9.62. The average Bonchev–Trinajstić information content (AvgIpc) is 2.49. The number of hydrogen-bond acceptors (Lipinski definition) is 1. The molecule has 0 saturated heterocycles. The number of rotatable bonds is 5. The summed E-state index contributed by atoms with van der Waals surface area (Å²) in [6, 6.07) is 4.11. The maximum atomic E-state index is 4.36. The van der Waals surface area contributed by atoms with Gasteiger partial charge in [0.2, 0.25) is 0 Å². The van der Waals surface area contributed by atoms with Gasteiger partial charge >= 0.3 is 0 Å². The predicted octanol–water partition coefficient (Wildman–Crippen LogP) is 6.30. The Morgan fingerprint density at radius 1 is 1.25 bits per heavy atom. The third kappa shape index (κ3) is 7.81. The van der Waals surface area contributed by atoms with Crippen LogP contribution in [0.2, 0.25) is 0 Å². The topological polar surface area (TPSA) is 12.9 Å². The molecular formula is C17H23Br2N. The van der Waals surface area contributed by atoms with Crippen molar-refractivity contribution in [3.05, 3.63) is 60.0 Å². The number of hydrogen-bond donors (Lipinski definition) is 0. The quantitative estimate of drug-likeness (QED) is 0.417. The van der Waals surface area contributed by atoms with Crippen LogP contribution in [0.5, 0.6) is 0 Å². The summed E-state index contributed by atoms with van der Waals surface area (Å²) in [6.07, 6.45) is 9.30. The number of alkyl halides is 2. The van der Waals surface area contributed by atoms with Crippen LogP contribution in [0, 0.1) is 0 Å². The molecule has 0 aromatic carbocycles. The summed E-state index contributed by atoms with van der Waals surface area (Å²) in [5.41, 5.74) is 4.36. The molecule has 1 heterocycles. The smallest absolute Gasteiger partial charge is 0.0509 e. The Balaban J connectivity index is 0.00000110. The normalized spacial score (nSPS) is 11.2. The van der Waals surface area contributed by atoms with Crippen LogP contribution in [-0.2, 0) is 5.33 Å². The van der Waals surface area contributed by atoms with Gasteiger partial charge in [0.1, 0.15) is 0 Å². The van der Waals surface area contributed by atoms with Gasteiger partial charge in [-0.15, -0.1) is 0 Å². The third-order valence-corrected chi connectivity index (χ3v) is 3.57. The molecule has 110 valence electrons. The van der Waals surface area contributed by atoms with E-state index >= 15 is 0 Å². The summed E-state index contributed by atoms with van der Waals surface area (Å²) in [5, 5.41) is 1.58. The van der Waals surface area contributed by atoms with Gasteiger partial charge in [0, 0.05) is 16.9 Å². The molecule has 0 aliphatic heterocycles. The van der Waals surface area contributed by atoms with E-state index in [4.69, 9.17) is 0 Å². The molecular weight excluding hydrogens is 378 g/mol. The van der Waals surface area contributed by atoms with Gasteiger partial charge in [0.15, 0.2) is 0 Å². The first-order valence-electron chi connectivity index (χ1n) is 6.72. The van der Waals surface area contributed by atoms with Crippen molar-refractivity contribution >= 4 is 37.4 Å². The third-order valence-electron chi connectivity index (χ3n) is 2.28. The lowest BCUT2D eigenvalue weighted by atomic mass is 10.1. The highest BCUT2D eigenvalue weighted by Gasteiger charge is 1.98. The van der Waals surface area contributed by atoms with E-state index in [2.05, 4.69) is 75.5 Å². The molecule has 0 radical (unpaired) electrons. The van der Waals surface area contributed by atoms with E-state index in [1.54, 1.807) is 0 Å². The van der Waals surface area contributed by atoms with Gasteiger partial charge < -0.3 is 0 Å². The van der Waals surface area contributed by atoms with E-state index in [9.17, 15) is 0 Å². The van der Waals surface area contributed by atoms with Gasteiger partial charge in [-0.05, 0) is 29.7 Å². The lowest BCUT2D eigenvalue weighted by Gasteiger charge is -2.03. The SMILES string of the molecule is C=C(/C=C\C(=C/C)c1ccc(CBr)nc1)CBr.CCC. The van der Waals surface area contributed by atoms with Gasteiger partial charge in [-0.25, -0.2) is 0 Å². The Bertz CT molecular complexity index is 445. The summed E-state index contributed by atoms with van der Waals surface area (Å²) in [6.45, 7) is 10.2. The number of pyridine rings is 1. The van der Waals surface area contributed by atoms with E-state index in [-0.39, 0.29) is 0 Å². The van der Waals surface area contributed by atoms with Crippen molar-refractivity contribution in [3.63, 3.8) is 0 Å². The standard InChI is InChI=1S/C14H15Br2N.C3H8/c1-3-12(5-4-11(2)8-15)13-6-7-14(9-16)17-10-13;1-3-2/h3-7,10H,2,8-9H2,1H3;3H2,1-2H3/b5-4-,12-3+;. The Hall–Kier alpha value is -0.670. The maximum absolute atomic E-state index is 4.36. The van der Waals surface area contributed by atoms with Crippen molar-refractivity contribution in [2.45, 2.75) is 32.5 Å². The van der Waals surface area contributed by atoms with Crippen LogP contribution in [0.3, 0.4) is 0 Å². The first kappa shape index (κ1) is 19.3. The van der Waals surface area contributed by atoms with Gasteiger partial charge in [-0.3, -0.25) is 4.98 Å². The van der Waals surface area contributed by atoms with Crippen LogP contribution >= 0.6 is 31.9 Å². The Morgan fingerprint density at radius 2 is 1.90 bits per heavy atom. The zero-order valence-electron chi connectivity index (χ0n) is 12.5. The number of allylic oxidation sites excluding steroid dienone is 5. The molecule has 3 heteroatoms. The number of nitrogens with zero attached hydrogens (tertiary/aromatic N) is 1. The second-order valence-electron chi connectivity index (χ2n) is 4.25. The van der Waals surface area contributed by atoms with Gasteiger partial charge in [0.25, 0.3) is 0 Å². The Labute approximate surface area is 140 Å². The molecule has 0 spiro atoms. The molecule has 0 amide bonds. The molecule has 0 unspecified atom stereocenters. The van der Waals surface area contributed by atoms with E-state index in [0.29, 0.717) is 0 Å². The zero-order chi connectivity index (χ0) is 15.4. The zero-order valence-corrected chi connectivity index (χ0v) is 15.7. The minimum absolute atomic E-state index is 0.786. The largest absolute Gasteiger partial charge is 0.260 e. The monoisotopic (exact) mass is 399 g/mol. The van der Waals surface area contributed by atoms with Crippen LogP contribution in [0.1, 0.15) is 38.4 Å². The summed E-state index contributed by atoms with van der Waals surface area (Å²) in [5.74, 6) is 0. The van der Waals surface area contributed by atoms with Crippen molar-refractivity contribution in [1.29, 1.82) is 0 Å². The van der Waals surface area contributed by atoms with Crippen LogP contribution in [0.4, 0.5) is 0 Å². The van der Waals surface area contributed by atoms with E-state index < -0.39 is 0 Å². The molecule has 0 aliphatic rings. The molecule has 0 atom stereocenters. The molecule has 0 fully saturated rings. The summed E-state index contributed by atoms with van der Waals surface area (Å²) in [7, 11) is 0. The van der Waals surface area contributed by atoms with Crippen LogP contribution in [0.15, 0.2) is 48.7 Å². The van der Waals surface area contributed by atoms with Crippen molar-refractivity contribution in [3.8, 4) is 0 Å². The highest BCUT2D eigenvalue weighted by molar-refractivity contribution is 9.09. The second kappa shape index (κ2) is 12.1.